The Morgan fingerprint density at radius 1 is 1.00 bits per heavy atom. The zero-order valence-corrected chi connectivity index (χ0v) is 18.3. The maximum atomic E-state index is 13.0. The molecule has 1 aliphatic heterocycles. The molecule has 32 heavy (non-hydrogen) atoms. The van der Waals surface area contributed by atoms with Gasteiger partial charge in [0.25, 0.3) is 5.91 Å². The molecular formula is C26H26N3O3+. The molecule has 2 amide bonds. The number of hydrazone groups is 1. The Kier molecular flexibility index (Phi) is 6.03. The van der Waals surface area contributed by atoms with E-state index in [4.69, 9.17) is 4.74 Å². The minimum absolute atomic E-state index is 0.263. The number of hydrogen-bond acceptors (Lipinski definition) is 3. The first-order valence-corrected chi connectivity index (χ1v) is 10.5. The lowest BCUT2D eigenvalue weighted by atomic mass is 9.98. The third-order valence-corrected chi connectivity index (χ3v) is 5.53. The van der Waals surface area contributed by atoms with E-state index in [0.717, 1.165) is 28.0 Å². The summed E-state index contributed by atoms with van der Waals surface area (Å²) in [7, 11) is 1.62. The highest BCUT2D eigenvalue weighted by Gasteiger charge is 2.47. The summed E-state index contributed by atoms with van der Waals surface area (Å²) in [5.74, 6) is 0.213. The van der Waals surface area contributed by atoms with Crippen LogP contribution in [0.4, 0.5) is 0 Å². The number of nitrogens with one attached hydrogen (secondary N) is 2. The Morgan fingerprint density at radius 3 is 2.38 bits per heavy atom. The molecule has 0 saturated carbocycles. The third-order valence-electron chi connectivity index (χ3n) is 5.53. The van der Waals surface area contributed by atoms with Crippen molar-refractivity contribution in [2.75, 3.05) is 7.11 Å². The fraction of sp³-hybridized carbons (Fsp3) is 0.192. The SMILES string of the molecule is COc1ccc(/C=[N+]2\NC(=O)[C@@H](NC(=O)c3cccc(C)c3)[C@H]2c2ccc(C)cc2)cc1. The maximum absolute atomic E-state index is 13.0. The minimum atomic E-state index is -0.750. The standard InChI is InChI=1S/C26H25N3O3/c1-17-7-11-20(12-8-17)24-23(27-25(30)21-6-4-5-18(2)15-21)26(31)28-29(24)16-19-9-13-22(32-3)14-10-19/h4-16,23-24H,1-3H3,(H-,27,28,30,31)/p+1/b29-16-/t23-,24+/m0/s1. The highest BCUT2D eigenvalue weighted by Crippen LogP contribution is 2.26. The zero-order chi connectivity index (χ0) is 22.7. The van der Waals surface area contributed by atoms with Gasteiger partial charge in [0.05, 0.1) is 7.11 Å². The monoisotopic (exact) mass is 428 g/mol. The van der Waals surface area contributed by atoms with Crippen molar-refractivity contribution in [2.45, 2.75) is 25.9 Å². The van der Waals surface area contributed by atoms with Crippen molar-refractivity contribution in [1.29, 1.82) is 0 Å². The summed E-state index contributed by atoms with van der Waals surface area (Å²) in [4.78, 5) is 25.9. The molecule has 1 fully saturated rings. The van der Waals surface area contributed by atoms with E-state index >= 15 is 0 Å². The Balaban J connectivity index is 1.69. The van der Waals surface area contributed by atoms with E-state index in [1.165, 1.54) is 0 Å². The van der Waals surface area contributed by atoms with E-state index in [-0.39, 0.29) is 11.8 Å². The second-order valence-corrected chi connectivity index (χ2v) is 7.96. The van der Waals surface area contributed by atoms with Crippen LogP contribution in [0.15, 0.2) is 72.8 Å². The topological polar surface area (TPSA) is 70.4 Å². The van der Waals surface area contributed by atoms with Crippen LogP contribution >= 0.6 is 0 Å². The number of hydrogen-bond donors (Lipinski definition) is 2. The second kappa shape index (κ2) is 9.06. The zero-order valence-electron chi connectivity index (χ0n) is 18.3. The first-order chi connectivity index (χ1) is 15.4. The molecule has 6 nitrogen and oxygen atoms in total. The van der Waals surface area contributed by atoms with Crippen molar-refractivity contribution in [3.63, 3.8) is 0 Å². The van der Waals surface area contributed by atoms with Crippen LogP contribution in [0.5, 0.6) is 5.75 Å². The number of methoxy groups -OCH3 is 1. The summed E-state index contributed by atoms with van der Waals surface area (Å²) >= 11 is 0. The number of aryl methyl sites for hydroxylation is 2. The maximum Gasteiger partial charge on any atom is 0.304 e. The molecule has 6 heteroatoms. The number of hydrazine groups is 1. The van der Waals surface area contributed by atoms with Crippen LogP contribution in [0.25, 0.3) is 0 Å². The fourth-order valence-electron chi connectivity index (χ4n) is 3.81. The number of carbonyl (C=O) groups excluding carboxylic acids is 2. The lowest BCUT2D eigenvalue weighted by Crippen LogP contribution is -2.42. The quantitative estimate of drug-likeness (QED) is 0.613. The predicted octanol–water partition coefficient (Wildman–Crippen LogP) is 3.33. The van der Waals surface area contributed by atoms with E-state index in [1.807, 2.05) is 86.8 Å². The first kappa shape index (κ1) is 21.3. The van der Waals surface area contributed by atoms with Crippen molar-refractivity contribution in [3.05, 3.63) is 101 Å². The van der Waals surface area contributed by atoms with E-state index in [9.17, 15) is 9.59 Å². The van der Waals surface area contributed by atoms with Crippen molar-refractivity contribution in [2.24, 2.45) is 0 Å². The molecule has 3 aromatic rings. The van der Waals surface area contributed by atoms with Gasteiger partial charge in [-0.1, -0.05) is 47.5 Å². The van der Waals surface area contributed by atoms with Gasteiger partial charge in [-0.15, -0.1) is 10.1 Å². The Bertz CT molecular complexity index is 1170. The predicted molar refractivity (Wildman–Crippen MR) is 123 cm³/mol. The molecule has 0 aliphatic carbocycles. The molecule has 2 atom stereocenters. The van der Waals surface area contributed by atoms with Gasteiger partial charge in [-0.3, -0.25) is 9.59 Å². The molecule has 1 heterocycles. The molecule has 1 saturated heterocycles. The molecule has 3 aromatic carbocycles. The molecule has 2 N–H and O–H groups in total. The van der Waals surface area contributed by atoms with Gasteiger partial charge in [-0.25, -0.2) is 0 Å². The number of amides is 2. The largest absolute Gasteiger partial charge is 0.497 e. The van der Waals surface area contributed by atoms with Gasteiger partial charge in [0.15, 0.2) is 6.04 Å². The molecule has 1 aliphatic rings. The van der Waals surface area contributed by atoms with E-state index in [1.54, 1.807) is 17.9 Å². The summed E-state index contributed by atoms with van der Waals surface area (Å²) in [6.45, 7) is 3.94. The van der Waals surface area contributed by atoms with Crippen molar-refractivity contribution >= 4 is 18.0 Å². The number of rotatable bonds is 5. The van der Waals surface area contributed by atoms with Gasteiger partial charge in [0.1, 0.15) is 5.75 Å². The Labute approximate surface area is 187 Å². The van der Waals surface area contributed by atoms with Crippen LogP contribution in [0.2, 0.25) is 0 Å². The van der Waals surface area contributed by atoms with Crippen LogP contribution in [0.1, 0.15) is 38.7 Å². The Morgan fingerprint density at radius 2 is 1.72 bits per heavy atom. The van der Waals surface area contributed by atoms with Crippen molar-refractivity contribution in [3.8, 4) is 5.75 Å². The van der Waals surface area contributed by atoms with Gasteiger partial charge < -0.3 is 10.1 Å². The van der Waals surface area contributed by atoms with Gasteiger partial charge in [0.2, 0.25) is 12.3 Å². The minimum Gasteiger partial charge on any atom is -0.497 e. The molecule has 0 bridgehead atoms. The van der Waals surface area contributed by atoms with Gasteiger partial charge >= 0.3 is 5.91 Å². The third kappa shape index (κ3) is 4.54. The van der Waals surface area contributed by atoms with Crippen LogP contribution in [0, 0.1) is 13.8 Å². The summed E-state index contributed by atoms with van der Waals surface area (Å²) in [5, 5.41) is 2.94. The molecule has 0 unspecified atom stereocenters. The average molecular weight is 429 g/mol. The first-order valence-electron chi connectivity index (χ1n) is 10.5. The van der Waals surface area contributed by atoms with Crippen LogP contribution in [-0.2, 0) is 4.79 Å². The average Bonchev–Trinajstić information content (AvgIpc) is 3.09. The van der Waals surface area contributed by atoms with Crippen molar-refractivity contribution < 1.29 is 19.0 Å². The lowest BCUT2D eigenvalue weighted by molar-refractivity contribution is -0.596. The normalized spacial score (nSPS) is 19.0. The summed E-state index contributed by atoms with van der Waals surface area (Å²) in [5.41, 5.74) is 7.36. The fourth-order valence-corrected chi connectivity index (χ4v) is 3.81. The second-order valence-electron chi connectivity index (χ2n) is 7.96. The molecule has 0 radical (unpaired) electrons. The summed E-state index contributed by atoms with van der Waals surface area (Å²) in [6.07, 6.45) is 1.86. The Hall–Kier alpha value is -3.93. The summed E-state index contributed by atoms with van der Waals surface area (Å²) in [6, 6.07) is 21.7. The highest BCUT2D eigenvalue weighted by molar-refractivity contribution is 5.98. The molecule has 0 aromatic heterocycles. The van der Waals surface area contributed by atoms with Gasteiger partial charge in [-0.2, -0.15) is 0 Å². The smallest absolute Gasteiger partial charge is 0.304 e. The molecule has 0 spiro atoms. The number of benzene rings is 3. The van der Waals surface area contributed by atoms with E-state index in [2.05, 4.69) is 10.7 Å². The lowest BCUT2D eigenvalue weighted by Gasteiger charge is -2.15. The van der Waals surface area contributed by atoms with Crippen molar-refractivity contribution in [1.82, 2.24) is 10.7 Å². The number of carbonyl (C=O) groups is 2. The van der Waals surface area contributed by atoms with Crippen LogP contribution in [-0.4, -0.2) is 35.9 Å². The van der Waals surface area contributed by atoms with E-state index in [0.29, 0.717) is 5.56 Å². The van der Waals surface area contributed by atoms with Gasteiger partial charge in [0, 0.05) is 16.7 Å². The van der Waals surface area contributed by atoms with Gasteiger partial charge in [-0.05, 0) is 50.2 Å². The molecular weight excluding hydrogens is 402 g/mol. The number of ether oxygens (including phenoxy) is 1. The summed E-state index contributed by atoms with van der Waals surface area (Å²) < 4.78 is 6.98. The molecule has 4 rings (SSSR count). The van der Waals surface area contributed by atoms with E-state index < -0.39 is 12.1 Å². The number of nitrogens with zero attached hydrogens (tertiary/aromatic N) is 1. The highest BCUT2D eigenvalue weighted by atomic mass is 16.5. The van der Waals surface area contributed by atoms with Crippen LogP contribution < -0.4 is 15.5 Å². The molecule has 162 valence electrons. The van der Waals surface area contributed by atoms with Crippen LogP contribution in [0.3, 0.4) is 0 Å².